The molecule has 7 heteroatoms. The molecule has 1 aromatic heterocycles. The summed E-state index contributed by atoms with van der Waals surface area (Å²) in [5.41, 5.74) is 0.477. The fraction of sp³-hybridized carbons (Fsp3) is 0.182. The van der Waals surface area contributed by atoms with E-state index in [0.29, 0.717) is 5.56 Å². The lowest BCUT2D eigenvalue weighted by atomic mass is 10.2. The van der Waals surface area contributed by atoms with Crippen molar-refractivity contribution in [1.29, 1.82) is 0 Å². The van der Waals surface area contributed by atoms with Crippen LogP contribution in [-0.2, 0) is 4.79 Å². The predicted molar refractivity (Wildman–Crippen MR) is 59.2 cm³/mol. The van der Waals surface area contributed by atoms with Crippen LogP contribution in [0.4, 0.5) is 8.78 Å². The number of carboxylic acid groups (broad SMARTS) is 1. The number of nitrogens with one attached hydrogen (secondary N) is 1. The summed E-state index contributed by atoms with van der Waals surface area (Å²) in [6.45, 7) is -0.742. The molecule has 1 aromatic rings. The number of halogens is 2. The van der Waals surface area contributed by atoms with E-state index in [2.05, 4.69) is 4.98 Å². The topological polar surface area (TPSA) is 79.3 Å². The second-order valence-electron chi connectivity index (χ2n) is 3.28. The Labute approximate surface area is 101 Å². The van der Waals surface area contributed by atoms with Gasteiger partial charge in [-0.1, -0.05) is 0 Å². The molecule has 0 saturated carbocycles. The van der Waals surface area contributed by atoms with Crippen molar-refractivity contribution in [1.82, 2.24) is 10.3 Å². The largest absolute Gasteiger partial charge is 0.478 e. The molecule has 0 radical (unpaired) electrons. The molecule has 0 atom stereocenters. The van der Waals surface area contributed by atoms with Gasteiger partial charge in [0.2, 0.25) is 0 Å². The SMILES string of the molecule is O=C(O)/C=C/c1cncc(C(=O)NCC(F)F)c1. The molecule has 0 unspecified atom stereocenters. The molecule has 18 heavy (non-hydrogen) atoms. The van der Waals surface area contributed by atoms with Crippen molar-refractivity contribution in [3.63, 3.8) is 0 Å². The average Bonchev–Trinajstić information content (AvgIpc) is 2.33. The fourth-order valence-electron chi connectivity index (χ4n) is 1.11. The number of carboxylic acids is 1. The normalized spacial score (nSPS) is 10.8. The first-order chi connectivity index (χ1) is 8.49. The van der Waals surface area contributed by atoms with Crippen LogP contribution in [0.3, 0.4) is 0 Å². The van der Waals surface area contributed by atoms with E-state index in [4.69, 9.17) is 5.11 Å². The molecule has 0 aliphatic carbocycles. The van der Waals surface area contributed by atoms with Gasteiger partial charge in [0.1, 0.15) is 0 Å². The van der Waals surface area contributed by atoms with Gasteiger partial charge < -0.3 is 10.4 Å². The molecule has 0 aliphatic rings. The van der Waals surface area contributed by atoms with Crippen LogP contribution >= 0.6 is 0 Å². The van der Waals surface area contributed by atoms with Crippen molar-refractivity contribution in [3.05, 3.63) is 35.7 Å². The maximum Gasteiger partial charge on any atom is 0.328 e. The van der Waals surface area contributed by atoms with Gasteiger partial charge in [0.15, 0.2) is 0 Å². The summed E-state index contributed by atoms with van der Waals surface area (Å²) in [4.78, 5) is 25.4. The third kappa shape index (κ3) is 4.69. The van der Waals surface area contributed by atoms with Crippen LogP contribution in [0.5, 0.6) is 0 Å². The number of hydrogen-bond donors (Lipinski definition) is 2. The van der Waals surface area contributed by atoms with E-state index in [0.717, 1.165) is 6.08 Å². The lowest BCUT2D eigenvalue weighted by Gasteiger charge is -2.04. The van der Waals surface area contributed by atoms with Crippen LogP contribution in [-0.4, -0.2) is 34.9 Å². The molecule has 1 amide bonds. The van der Waals surface area contributed by atoms with Crippen molar-refractivity contribution >= 4 is 18.0 Å². The van der Waals surface area contributed by atoms with Crippen LogP contribution < -0.4 is 5.32 Å². The second-order valence-corrected chi connectivity index (χ2v) is 3.28. The monoisotopic (exact) mass is 256 g/mol. The zero-order chi connectivity index (χ0) is 13.5. The number of alkyl halides is 2. The maximum absolute atomic E-state index is 11.9. The molecular weight excluding hydrogens is 246 g/mol. The van der Waals surface area contributed by atoms with Gasteiger partial charge in [0.05, 0.1) is 12.1 Å². The highest BCUT2D eigenvalue weighted by Crippen LogP contribution is 2.05. The molecule has 1 rings (SSSR count). The van der Waals surface area contributed by atoms with Gasteiger partial charge in [0, 0.05) is 18.5 Å². The number of nitrogens with zero attached hydrogens (tertiary/aromatic N) is 1. The minimum absolute atomic E-state index is 0.0863. The minimum atomic E-state index is -2.63. The van der Waals surface area contributed by atoms with Crippen molar-refractivity contribution in [3.8, 4) is 0 Å². The Morgan fingerprint density at radius 1 is 1.44 bits per heavy atom. The smallest absolute Gasteiger partial charge is 0.328 e. The number of carbonyl (C=O) groups excluding carboxylic acids is 1. The first kappa shape index (κ1) is 13.8. The van der Waals surface area contributed by atoms with E-state index < -0.39 is 24.8 Å². The summed E-state index contributed by atoms with van der Waals surface area (Å²) in [6.07, 6.45) is 2.07. The van der Waals surface area contributed by atoms with Gasteiger partial charge in [-0.15, -0.1) is 0 Å². The third-order valence-corrected chi connectivity index (χ3v) is 1.86. The lowest BCUT2D eigenvalue weighted by molar-refractivity contribution is -0.131. The molecule has 0 saturated heterocycles. The zero-order valence-corrected chi connectivity index (χ0v) is 9.14. The summed E-state index contributed by atoms with van der Waals surface area (Å²) in [5, 5.41) is 10.4. The van der Waals surface area contributed by atoms with Crippen molar-refractivity contribution in [2.45, 2.75) is 6.43 Å². The molecule has 0 spiro atoms. The lowest BCUT2D eigenvalue weighted by Crippen LogP contribution is -2.28. The Kier molecular flexibility index (Phi) is 4.91. The highest BCUT2D eigenvalue weighted by atomic mass is 19.3. The maximum atomic E-state index is 11.9. The molecule has 96 valence electrons. The summed E-state index contributed by atoms with van der Waals surface area (Å²) in [7, 11) is 0. The molecule has 0 bridgehead atoms. The van der Waals surface area contributed by atoms with Gasteiger partial charge in [0.25, 0.3) is 12.3 Å². The van der Waals surface area contributed by atoms with Gasteiger partial charge in [-0.2, -0.15) is 0 Å². The fourth-order valence-corrected chi connectivity index (χ4v) is 1.11. The molecule has 0 fully saturated rings. The van der Waals surface area contributed by atoms with Crippen molar-refractivity contribution in [2.24, 2.45) is 0 Å². The van der Waals surface area contributed by atoms with Gasteiger partial charge in [-0.25, -0.2) is 13.6 Å². The summed E-state index contributed by atoms with van der Waals surface area (Å²) in [6, 6.07) is 1.35. The molecular formula is C11H10F2N2O3. The summed E-state index contributed by atoms with van der Waals surface area (Å²) in [5.74, 6) is -1.82. The van der Waals surface area contributed by atoms with Crippen molar-refractivity contribution < 1.29 is 23.5 Å². The van der Waals surface area contributed by atoms with Gasteiger partial charge in [-0.3, -0.25) is 9.78 Å². The van der Waals surface area contributed by atoms with Crippen molar-refractivity contribution in [2.75, 3.05) is 6.54 Å². The summed E-state index contributed by atoms with van der Waals surface area (Å²) < 4.78 is 23.8. The Morgan fingerprint density at radius 2 is 2.17 bits per heavy atom. The standard InChI is InChI=1S/C11H10F2N2O3/c12-9(13)6-15-11(18)8-3-7(4-14-5-8)1-2-10(16)17/h1-5,9H,6H2,(H,15,18)(H,16,17)/b2-1+. The Morgan fingerprint density at radius 3 is 2.78 bits per heavy atom. The molecule has 1 heterocycles. The van der Waals surface area contributed by atoms with E-state index >= 15 is 0 Å². The molecule has 2 N–H and O–H groups in total. The molecule has 5 nitrogen and oxygen atoms in total. The Bertz CT molecular complexity index is 475. The number of hydrogen-bond acceptors (Lipinski definition) is 3. The van der Waals surface area contributed by atoms with Gasteiger partial charge in [-0.05, 0) is 17.7 Å². The first-order valence-electron chi connectivity index (χ1n) is 4.91. The van der Waals surface area contributed by atoms with E-state index in [1.54, 1.807) is 0 Å². The number of aromatic nitrogens is 1. The van der Waals surface area contributed by atoms with Crippen LogP contribution in [0.2, 0.25) is 0 Å². The number of carbonyl (C=O) groups is 2. The van der Waals surface area contributed by atoms with E-state index in [9.17, 15) is 18.4 Å². The molecule has 0 aromatic carbocycles. The Hall–Kier alpha value is -2.31. The predicted octanol–water partition coefficient (Wildman–Crippen LogP) is 1.17. The number of rotatable bonds is 5. The van der Waals surface area contributed by atoms with Crippen LogP contribution in [0.1, 0.15) is 15.9 Å². The quantitative estimate of drug-likeness (QED) is 0.775. The first-order valence-corrected chi connectivity index (χ1v) is 4.91. The van der Waals surface area contributed by atoms with Crippen LogP contribution in [0.25, 0.3) is 6.08 Å². The third-order valence-electron chi connectivity index (χ3n) is 1.86. The van der Waals surface area contributed by atoms with Crippen LogP contribution in [0.15, 0.2) is 24.5 Å². The highest BCUT2D eigenvalue weighted by Gasteiger charge is 2.09. The average molecular weight is 256 g/mol. The molecule has 0 aliphatic heterocycles. The number of amides is 1. The zero-order valence-electron chi connectivity index (χ0n) is 9.14. The van der Waals surface area contributed by atoms with Crippen LogP contribution in [0, 0.1) is 0 Å². The number of aliphatic carboxylic acids is 1. The summed E-state index contributed by atoms with van der Waals surface area (Å²) >= 11 is 0. The second kappa shape index (κ2) is 6.43. The van der Waals surface area contributed by atoms with Gasteiger partial charge >= 0.3 is 5.97 Å². The van der Waals surface area contributed by atoms with E-state index in [1.165, 1.54) is 24.5 Å². The minimum Gasteiger partial charge on any atom is -0.478 e. The highest BCUT2D eigenvalue weighted by molar-refractivity contribution is 5.94. The Balaban J connectivity index is 2.75. The number of pyridine rings is 1. The van der Waals surface area contributed by atoms with E-state index in [-0.39, 0.29) is 5.56 Å². The van der Waals surface area contributed by atoms with E-state index in [1.807, 2.05) is 5.32 Å².